The molecule has 0 amide bonds. The minimum absolute atomic E-state index is 0.181. The molecule has 0 aromatic heterocycles. The second kappa shape index (κ2) is 6.72. The van der Waals surface area contributed by atoms with E-state index in [1.54, 1.807) is 12.1 Å². The molecule has 0 aliphatic heterocycles. The Kier molecular flexibility index (Phi) is 5.22. The van der Waals surface area contributed by atoms with Crippen LogP contribution in [0.2, 0.25) is 0 Å². The highest BCUT2D eigenvalue weighted by Crippen LogP contribution is 2.23. The molecule has 0 heterocycles. The summed E-state index contributed by atoms with van der Waals surface area (Å²) in [5, 5.41) is 3.41. The molecule has 0 saturated heterocycles. The molecule has 4 heteroatoms. The first-order valence-electron chi connectivity index (χ1n) is 7.50. The van der Waals surface area contributed by atoms with Crippen molar-refractivity contribution in [1.29, 1.82) is 0 Å². The standard InChI is InChI=1S/C16H25NO2S/c1-13-6-8-16(9-7-13)20(18,19)11-10-17-15-5-3-4-14(2)12-15/h6-9,14-15,17H,3-5,10-12H2,1-2H3. The van der Waals surface area contributed by atoms with Crippen molar-refractivity contribution in [2.45, 2.75) is 50.5 Å². The third-order valence-electron chi connectivity index (χ3n) is 4.12. The second-order valence-corrected chi connectivity index (χ2v) is 8.16. The first-order valence-corrected chi connectivity index (χ1v) is 9.15. The van der Waals surface area contributed by atoms with Crippen LogP contribution in [-0.2, 0) is 9.84 Å². The Balaban J connectivity index is 1.85. The van der Waals surface area contributed by atoms with Crippen LogP contribution in [0.25, 0.3) is 0 Å². The van der Waals surface area contributed by atoms with Gasteiger partial charge in [0.2, 0.25) is 0 Å². The lowest BCUT2D eigenvalue weighted by Crippen LogP contribution is -2.36. The number of nitrogens with one attached hydrogen (secondary N) is 1. The Hall–Kier alpha value is -0.870. The molecule has 1 saturated carbocycles. The van der Waals surface area contributed by atoms with Crippen LogP contribution < -0.4 is 5.32 Å². The molecule has 0 bridgehead atoms. The molecule has 2 rings (SSSR count). The summed E-state index contributed by atoms with van der Waals surface area (Å²) in [7, 11) is -3.15. The number of hydrogen-bond acceptors (Lipinski definition) is 3. The fourth-order valence-electron chi connectivity index (χ4n) is 2.88. The van der Waals surface area contributed by atoms with Crippen LogP contribution in [0, 0.1) is 12.8 Å². The average molecular weight is 295 g/mol. The van der Waals surface area contributed by atoms with E-state index in [4.69, 9.17) is 0 Å². The van der Waals surface area contributed by atoms with Crippen molar-refractivity contribution in [3.63, 3.8) is 0 Å². The summed E-state index contributed by atoms with van der Waals surface area (Å²) in [6.45, 7) is 4.78. The quantitative estimate of drug-likeness (QED) is 0.908. The zero-order valence-electron chi connectivity index (χ0n) is 12.4. The maximum atomic E-state index is 12.2. The van der Waals surface area contributed by atoms with E-state index in [0.29, 0.717) is 17.5 Å². The summed E-state index contributed by atoms with van der Waals surface area (Å²) in [6, 6.07) is 7.60. The van der Waals surface area contributed by atoms with Gasteiger partial charge in [-0.25, -0.2) is 8.42 Å². The summed E-state index contributed by atoms with van der Waals surface area (Å²) >= 11 is 0. The van der Waals surface area contributed by atoms with Gasteiger partial charge in [-0.15, -0.1) is 0 Å². The molecule has 1 aliphatic carbocycles. The molecule has 2 unspecified atom stereocenters. The summed E-state index contributed by atoms with van der Waals surface area (Å²) < 4.78 is 24.4. The molecule has 0 radical (unpaired) electrons. The molecule has 1 aliphatic rings. The largest absolute Gasteiger partial charge is 0.313 e. The average Bonchev–Trinajstić information content (AvgIpc) is 2.39. The van der Waals surface area contributed by atoms with E-state index < -0.39 is 9.84 Å². The zero-order valence-corrected chi connectivity index (χ0v) is 13.2. The predicted molar refractivity (Wildman–Crippen MR) is 82.7 cm³/mol. The van der Waals surface area contributed by atoms with Gasteiger partial charge in [0, 0.05) is 12.6 Å². The lowest BCUT2D eigenvalue weighted by Gasteiger charge is -2.27. The normalized spacial score (nSPS) is 23.7. The minimum atomic E-state index is -3.15. The van der Waals surface area contributed by atoms with Crippen LogP contribution in [0.3, 0.4) is 0 Å². The summed E-state index contributed by atoms with van der Waals surface area (Å²) in [6.07, 6.45) is 4.91. The summed E-state index contributed by atoms with van der Waals surface area (Å²) in [5.41, 5.74) is 1.08. The molecule has 2 atom stereocenters. The van der Waals surface area contributed by atoms with Crippen LogP contribution in [0.1, 0.15) is 38.2 Å². The molecule has 0 spiro atoms. The van der Waals surface area contributed by atoms with E-state index in [-0.39, 0.29) is 5.75 Å². The first-order chi connectivity index (χ1) is 9.47. The van der Waals surface area contributed by atoms with Gasteiger partial charge < -0.3 is 5.32 Å². The first kappa shape index (κ1) is 15.5. The highest BCUT2D eigenvalue weighted by molar-refractivity contribution is 7.91. The van der Waals surface area contributed by atoms with Crippen molar-refractivity contribution in [1.82, 2.24) is 5.32 Å². The van der Waals surface area contributed by atoms with Gasteiger partial charge >= 0.3 is 0 Å². The Bertz CT molecular complexity index is 522. The summed E-state index contributed by atoms with van der Waals surface area (Å²) in [4.78, 5) is 0.432. The fraction of sp³-hybridized carbons (Fsp3) is 0.625. The number of hydrogen-bond donors (Lipinski definition) is 1. The molecular formula is C16H25NO2S. The van der Waals surface area contributed by atoms with E-state index in [1.807, 2.05) is 19.1 Å². The summed E-state index contributed by atoms with van der Waals surface area (Å²) in [5.74, 6) is 0.941. The lowest BCUT2D eigenvalue weighted by atomic mass is 9.87. The van der Waals surface area contributed by atoms with E-state index in [1.165, 1.54) is 25.7 Å². The van der Waals surface area contributed by atoms with Crippen molar-refractivity contribution >= 4 is 9.84 Å². The van der Waals surface area contributed by atoms with Crippen molar-refractivity contribution in [2.75, 3.05) is 12.3 Å². The Morgan fingerprint density at radius 3 is 2.55 bits per heavy atom. The SMILES string of the molecule is Cc1ccc(S(=O)(=O)CCNC2CCCC(C)C2)cc1. The topological polar surface area (TPSA) is 46.2 Å². The van der Waals surface area contributed by atoms with Gasteiger partial charge in [0.25, 0.3) is 0 Å². The maximum Gasteiger partial charge on any atom is 0.179 e. The third kappa shape index (κ3) is 4.32. The van der Waals surface area contributed by atoms with Crippen LogP contribution in [-0.4, -0.2) is 26.8 Å². The molecule has 112 valence electrons. The molecular weight excluding hydrogens is 270 g/mol. The van der Waals surface area contributed by atoms with E-state index in [0.717, 1.165) is 11.5 Å². The smallest absolute Gasteiger partial charge is 0.179 e. The van der Waals surface area contributed by atoms with E-state index in [9.17, 15) is 8.42 Å². The second-order valence-electron chi connectivity index (χ2n) is 6.05. The number of rotatable bonds is 5. The van der Waals surface area contributed by atoms with Crippen LogP contribution in [0.4, 0.5) is 0 Å². The molecule has 1 fully saturated rings. The number of benzene rings is 1. The highest BCUT2D eigenvalue weighted by Gasteiger charge is 2.19. The molecule has 1 N–H and O–H groups in total. The van der Waals surface area contributed by atoms with Crippen molar-refractivity contribution in [3.8, 4) is 0 Å². The Labute approximate surface area is 122 Å². The van der Waals surface area contributed by atoms with E-state index >= 15 is 0 Å². The predicted octanol–water partition coefficient (Wildman–Crippen LogP) is 2.94. The maximum absolute atomic E-state index is 12.2. The van der Waals surface area contributed by atoms with Gasteiger partial charge in [-0.1, -0.05) is 37.5 Å². The van der Waals surface area contributed by atoms with Crippen LogP contribution in [0.5, 0.6) is 0 Å². The number of sulfone groups is 1. The molecule has 1 aromatic carbocycles. The van der Waals surface area contributed by atoms with Crippen molar-refractivity contribution < 1.29 is 8.42 Å². The lowest BCUT2D eigenvalue weighted by molar-refractivity contribution is 0.305. The zero-order chi connectivity index (χ0) is 14.6. The monoisotopic (exact) mass is 295 g/mol. The Morgan fingerprint density at radius 1 is 1.20 bits per heavy atom. The molecule has 1 aromatic rings. The van der Waals surface area contributed by atoms with Gasteiger partial charge in [-0.05, 0) is 37.8 Å². The third-order valence-corrected chi connectivity index (χ3v) is 5.85. The van der Waals surface area contributed by atoms with Gasteiger partial charge in [0.05, 0.1) is 10.6 Å². The van der Waals surface area contributed by atoms with Crippen LogP contribution in [0.15, 0.2) is 29.2 Å². The van der Waals surface area contributed by atoms with Gasteiger partial charge in [0.1, 0.15) is 0 Å². The van der Waals surface area contributed by atoms with Gasteiger partial charge in [-0.3, -0.25) is 0 Å². The fourth-order valence-corrected chi connectivity index (χ4v) is 4.05. The number of aryl methyl sites for hydroxylation is 1. The highest BCUT2D eigenvalue weighted by atomic mass is 32.2. The van der Waals surface area contributed by atoms with Crippen molar-refractivity contribution in [2.24, 2.45) is 5.92 Å². The van der Waals surface area contributed by atoms with Gasteiger partial charge in [-0.2, -0.15) is 0 Å². The van der Waals surface area contributed by atoms with Gasteiger partial charge in [0.15, 0.2) is 9.84 Å². The minimum Gasteiger partial charge on any atom is -0.313 e. The Morgan fingerprint density at radius 2 is 1.90 bits per heavy atom. The van der Waals surface area contributed by atoms with E-state index in [2.05, 4.69) is 12.2 Å². The van der Waals surface area contributed by atoms with Crippen molar-refractivity contribution in [3.05, 3.63) is 29.8 Å². The molecule has 3 nitrogen and oxygen atoms in total. The molecule has 20 heavy (non-hydrogen) atoms. The van der Waals surface area contributed by atoms with Crippen LogP contribution >= 0.6 is 0 Å².